The lowest BCUT2D eigenvalue weighted by Gasteiger charge is -2.15. The maximum atomic E-state index is 12.5. The first-order valence-electron chi connectivity index (χ1n) is 5.53. The summed E-state index contributed by atoms with van der Waals surface area (Å²) in [5, 5.41) is 0. The summed E-state index contributed by atoms with van der Waals surface area (Å²) in [6, 6.07) is 5.20. The van der Waals surface area contributed by atoms with Crippen molar-refractivity contribution in [1.82, 2.24) is 4.31 Å². The molecule has 0 atom stereocenters. The van der Waals surface area contributed by atoms with Crippen LogP contribution >= 0.6 is 50.2 Å². The molecule has 0 aliphatic rings. The second-order valence-electron chi connectivity index (χ2n) is 4.02. The maximum absolute atomic E-state index is 12.5. The van der Waals surface area contributed by atoms with Crippen LogP contribution in [0.5, 0.6) is 0 Å². The Morgan fingerprint density at radius 3 is 2.55 bits per heavy atom. The molecule has 2 N–H and O–H groups in total. The average Bonchev–Trinajstić information content (AvgIpc) is 2.95. The fraction of sp³-hybridized carbons (Fsp3) is 0.273. The highest BCUT2D eigenvalue weighted by Gasteiger charge is 2.26. The predicted molar refractivity (Wildman–Crippen MR) is 87.9 cm³/mol. The van der Waals surface area contributed by atoms with Crippen molar-refractivity contribution in [2.75, 3.05) is 7.05 Å². The number of rotatable bonds is 5. The Morgan fingerprint density at radius 2 is 2.05 bits per heavy atom. The lowest BCUT2D eigenvalue weighted by molar-refractivity contribution is 0.469. The molecule has 20 heavy (non-hydrogen) atoms. The lowest BCUT2D eigenvalue weighted by atomic mass is 10.5. The molecule has 0 aromatic carbocycles. The van der Waals surface area contributed by atoms with Crippen molar-refractivity contribution >= 4 is 60.2 Å². The zero-order chi connectivity index (χ0) is 14.9. The number of halogens is 2. The van der Waals surface area contributed by atoms with E-state index in [4.69, 9.17) is 17.3 Å². The fourth-order valence-corrected chi connectivity index (χ4v) is 6.46. The topological polar surface area (TPSA) is 63.4 Å². The fourth-order valence-electron chi connectivity index (χ4n) is 1.58. The Morgan fingerprint density at radius 1 is 1.35 bits per heavy atom. The van der Waals surface area contributed by atoms with Gasteiger partial charge in [-0.15, -0.1) is 22.7 Å². The summed E-state index contributed by atoms with van der Waals surface area (Å²) >= 11 is 11.9. The third kappa shape index (κ3) is 3.44. The van der Waals surface area contributed by atoms with Crippen molar-refractivity contribution in [1.29, 1.82) is 0 Å². The minimum atomic E-state index is -3.54. The highest BCUT2D eigenvalue weighted by Crippen LogP contribution is 2.34. The first-order chi connectivity index (χ1) is 9.34. The number of sulfonamides is 1. The van der Waals surface area contributed by atoms with Crippen LogP contribution in [-0.2, 0) is 23.1 Å². The van der Waals surface area contributed by atoms with E-state index in [1.54, 1.807) is 19.2 Å². The van der Waals surface area contributed by atoms with Crippen LogP contribution in [0, 0.1) is 0 Å². The van der Waals surface area contributed by atoms with Gasteiger partial charge in [0.25, 0.3) is 0 Å². The van der Waals surface area contributed by atoms with E-state index >= 15 is 0 Å². The molecule has 0 aliphatic heterocycles. The second-order valence-corrected chi connectivity index (χ2v) is 10.3. The lowest BCUT2D eigenvalue weighted by Crippen LogP contribution is -2.26. The van der Waals surface area contributed by atoms with Gasteiger partial charge in [0.2, 0.25) is 10.0 Å². The van der Waals surface area contributed by atoms with Crippen molar-refractivity contribution in [2.45, 2.75) is 18.0 Å². The van der Waals surface area contributed by atoms with Crippen LogP contribution < -0.4 is 5.73 Å². The molecule has 110 valence electrons. The summed E-state index contributed by atoms with van der Waals surface area (Å²) in [4.78, 5) is 1.97. The van der Waals surface area contributed by atoms with E-state index < -0.39 is 10.0 Å². The molecule has 0 saturated heterocycles. The summed E-state index contributed by atoms with van der Waals surface area (Å²) in [6.45, 7) is 0.614. The molecule has 2 heterocycles. The van der Waals surface area contributed by atoms with Crippen molar-refractivity contribution < 1.29 is 8.42 Å². The first-order valence-corrected chi connectivity index (χ1v) is 9.78. The van der Waals surface area contributed by atoms with E-state index in [1.807, 2.05) is 6.07 Å². The number of nitrogens with two attached hydrogens (primary N) is 1. The van der Waals surface area contributed by atoms with Gasteiger partial charge in [-0.1, -0.05) is 11.6 Å². The molecule has 0 unspecified atom stereocenters. The molecular weight excluding hydrogens is 404 g/mol. The van der Waals surface area contributed by atoms with Crippen LogP contribution in [0.1, 0.15) is 9.75 Å². The molecule has 0 radical (unpaired) electrons. The minimum absolute atomic E-state index is 0.258. The summed E-state index contributed by atoms with van der Waals surface area (Å²) in [6.07, 6.45) is 0. The molecule has 2 aromatic heterocycles. The Bertz CT molecular complexity index is 711. The number of hydrogen-bond donors (Lipinski definition) is 1. The molecule has 0 saturated carbocycles. The summed E-state index contributed by atoms with van der Waals surface area (Å²) in [5.74, 6) is 0. The van der Waals surface area contributed by atoms with E-state index in [1.165, 1.54) is 27.0 Å². The number of hydrogen-bond acceptors (Lipinski definition) is 5. The van der Waals surface area contributed by atoms with E-state index in [9.17, 15) is 8.42 Å². The zero-order valence-electron chi connectivity index (χ0n) is 10.5. The Balaban J connectivity index is 2.26. The van der Waals surface area contributed by atoms with Crippen LogP contribution in [-0.4, -0.2) is 19.8 Å². The van der Waals surface area contributed by atoms with Crippen LogP contribution in [0.2, 0.25) is 4.34 Å². The van der Waals surface area contributed by atoms with Gasteiger partial charge in [0.05, 0.1) is 8.12 Å². The third-order valence-electron chi connectivity index (χ3n) is 2.60. The van der Waals surface area contributed by atoms with E-state index in [0.29, 0.717) is 21.2 Å². The number of nitrogens with zero attached hydrogens (tertiary/aromatic N) is 1. The van der Waals surface area contributed by atoms with Gasteiger partial charge in [-0.3, -0.25) is 0 Å². The van der Waals surface area contributed by atoms with E-state index in [0.717, 1.165) is 9.75 Å². The van der Waals surface area contributed by atoms with Crippen molar-refractivity contribution in [2.24, 2.45) is 5.73 Å². The summed E-state index contributed by atoms with van der Waals surface area (Å²) in [5.41, 5.74) is 5.55. The molecule has 0 fully saturated rings. The minimum Gasteiger partial charge on any atom is -0.326 e. The monoisotopic (exact) mass is 414 g/mol. The van der Waals surface area contributed by atoms with Gasteiger partial charge in [0.1, 0.15) is 4.90 Å². The number of thiophene rings is 2. The van der Waals surface area contributed by atoms with E-state index in [2.05, 4.69) is 15.9 Å². The van der Waals surface area contributed by atoms with Crippen LogP contribution in [0.4, 0.5) is 0 Å². The quantitative estimate of drug-likeness (QED) is 0.813. The Hall–Kier alpha value is 0.0400. The molecule has 9 heteroatoms. The Kier molecular flexibility index (Phi) is 5.28. The predicted octanol–water partition coefficient (Wildman–Crippen LogP) is 3.50. The third-order valence-corrected chi connectivity index (χ3v) is 7.90. The van der Waals surface area contributed by atoms with Crippen LogP contribution in [0.3, 0.4) is 0 Å². The Labute approximate surface area is 139 Å². The SMILES string of the molecule is CN(Cc1ccc(Cl)s1)S(=O)(=O)c1cc(CN)sc1Br. The molecule has 0 aliphatic carbocycles. The van der Waals surface area contributed by atoms with Crippen molar-refractivity contribution in [3.63, 3.8) is 0 Å². The van der Waals surface area contributed by atoms with Crippen LogP contribution in [0.25, 0.3) is 0 Å². The van der Waals surface area contributed by atoms with Gasteiger partial charge >= 0.3 is 0 Å². The average molecular weight is 416 g/mol. The van der Waals surface area contributed by atoms with Gasteiger partial charge in [0, 0.05) is 29.9 Å². The van der Waals surface area contributed by atoms with Crippen molar-refractivity contribution in [3.8, 4) is 0 Å². The molecule has 2 rings (SSSR count). The molecule has 2 aromatic rings. The van der Waals surface area contributed by atoms with Gasteiger partial charge in [-0.2, -0.15) is 4.31 Å². The molecule has 0 bridgehead atoms. The largest absolute Gasteiger partial charge is 0.326 e. The molecule has 0 spiro atoms. The highest BCUT2D eigenvalue weighted by molar-refractivity contribution is 9.11. The van der Waals surface area contributed by atoms with Crippen LogP contribution in [0.15, 0.2) is 26.9 Å². The zero-order valence-corrected chi connectivity index (χ0v) is 15.3. The molecular formula is C11H12BrClN2O2S3. The molecule has 4 nitrogen and oxygen atoms in total. The summed E-state index contributed by atoms with van der Waals surface area (Å²) in [7, 11) is -1.99. The van der Waals surface area contributed by atoms with Gasteiger partial charge in [0.15, 0.2) is 0 Å². The maximum Gasteiger partial charge on any atom is 0.245 e. The van der Waals surface area contributed by atoms with Crippen molar-refractivity contribution in [3.05, 3.63) is 36.1 Å². The normalized spacial score (nSPS) is 12.2. The first kappa shape index (κ1) is 16.4. The molecule has 0 amide bonds. The van der Waals surface area contributed by atoms with Gasteiger partial charge < -0.3 is 5.73 Å². The highest BCUT2D eigenvalue weighted by atomic mass is 79.9. The smallest absolute Gasteiger partial charge is 0.245 e. The summed E-state index contributed by atoms with van der Waals surface area (Å²) < 4.78 is 27.6. The standard InChI is InChI=1S/C11H12BrClN2O2S3/c1-15(6-7-2-3-10(13)18-7)20(16,17)9-4-8(5-14)19-11(9)12/h2-4H,5-6,14H2,1H3. The second kappa shape index (κ2) is 6.43. The van der Waals surface area contributed by atoms with Gasteiger partial charge in [-0.05, 0) is 34.1 Å². The van der Waals surface area contributed by atoms with E-state index in [-0.39, 0.29) is 4.90 Å². The van der Waals surface area contributed by atoms with Gasteiger partial charge in [-0.25, -0.2) is 8.42 Å².